The fourth-order valence-electron chi connectivity index (χ4n) is 5.46. The van der Waals surface area contributed by atoms with Crippen LogP contribution in [0.2, 0.25) is 0 Å². The third-order valence-corrected chi connectivity index (χ3v) is 8.72. The minimum Gasteiger partial charge on any atom is -0.388 e. The molecule has 3 aromatic rings. The van der Waals surface area contributed by atoms with Gasteiger partial charge >= 0.3 is 6.18 Å². The van der Waals surface area contributed by atoms with Crippen molar-refractivity contribution >= 4 is 23.2 Å². The van der Waals surface area contributed by atoms with E-state index in [2.05, 4.69) is 10.1 Å². The van der Waals surface area contributed by atoms with Gasteiger partial charge in [0.1, 0.15) is 12.2 Å². The van der Waals surface area contributed by atoms with Gasteiger partial charge in [-0.2, -0.15) is 18.3 Å². The molecule has 39 heavy (non-hydrogen) atoms. The molecule has 2 aromatic heterocycles. The highest BCUT2D eigenvalue weighted by atomic mass is 32.1. The molecule has 1 saturated heterocycles. The van der Waals surface area contributed by atoms with Gasteiger partial charge in [-0.3, -0.25) is 14.3 Å². The number of halogens is 3. The number of aliphatic hydroxyl groups is 1. The Balaban J connectivity index is 1.19. The Bertz CT molecular complexity index is 1360. The molecule has 3 heterocycles. The second kappa shape index (κ2) is 10.7. The van der Waals surface area contributed by atoms with Crippen molar-refractivity contribution in [1.29, 1.82) is 0 Å². The quantitative estimate of drug-likeness (QED) is 0.487. The third kappa shape index (κ3) is 5.58. The van der Waals surface area contributed by atoms with E-state index < -0.39 is 18.0 Å². The first-order valence-electron chi connectivity index (χ1n) is 12.9. The lowest BCUT2D eigenvalue weighted by molar-refractivity contribution is -0.142. The maximum atomic E-state index is 13.3. The molecule has 0 spiro atoms. The fourth-order valence-corrected chi connectivity index (χ4v) is 6.42. The largest absolute Gasteiger partial charge is 0.435 e. The predicted octanol–water partition coefficient (Wildman–Crippen LogP) is 4.71. The van der Waals surface area contributed by atoms with Crippen LogP contribution in [0.5, 0.6) is 0 Å². The Hall–Kier alpha value is -3.25. The van der Waals surface area contributed by atoms with Gasteiger partial charge in [0.2, 0.25) is 5.91 Å². The van der Waals surface area contributed by atoms with Crippen LogP contribution in [0.15, 0.2) is 35.7 Å². The fraction of sp³-hybridized carbons (Fsp3) is 0.481. The molecule has 2 aliphatic rings. The van der Waals surface area contributed by atoms with Crippen molar-refractivity contribution < 1.29 is 27.9 Å². The van der Waals surface area contributed by atoms with Crippen molar-refractivity contribution in [3.63, 3.8) is 0 Å². The number of thiazole rings is 1. The highest BCUT2D eigenvalue weighted by Crippen LogP contribution is 2.39. The zero-order valence-electron chi connectivity index (χ0n) is 21.7. The summed E-state index contributed by atoms with van der Waals surface area (Å²) in [7, 11) is 1.77. The van der Waals surface area contributed by atoms with E-state index in [9.17, 15) is 27.9 Å². The number of carbonyl (C=O) groups is 2. The molecule has 8 nitrogen and oxygen atoms in total. The van der Waals surface area contributed by atoms with E-state index in [-0.39, 0.29) is 36.0 Å². The van der Waals surface area contributed by atoms with E-state index in [1.807, 2.05) is 24.3 Å². The van der Waals surface area contributed by atoms with Crippen LogP contribution in [0.25, 0.3) is 0 Å². The first kappa shape index (κ1) is 27.3. The molecule has 1 aliphatic heterocycles. The van der Waals surface area contributed by atoms with Crippen molar-refractivity contribution in [2.75, 3.05) is 20.1 Å². The maximum Gasteiger partial charge on any atom is 0.435 e. The molecule has 1 aromatic carbocycles. The van der Waals surface area contributed by atoms with Gasteiger partial charge in [-0.1, -0.05) is 24.3 Å². The number of hydrogen-bond donors (Lipinski definition) is 1. The number of likely N-dealkylation sites (tertiary alicyclic amines) is 1. The summed E-state index contributed by atoms with van der Waals surface area (Å²) in [5, 5.41) is 16.5. The van der Waals surface area contributed by atoms with Gasteiger partial charge in [0.25, 0.3) is 5.91 Å². The summed E-state index contributed by atoms with van der Waals surface area (Å²) in [6, 6.07) is 8.46. The number of piperidine rings is 1. The van der Waals surface area contributed by atoms with E-state index in [1.54, 1.807) is 22.2 Å². The molecular formula is C27H30F3N5O3S. The van der Waals surface area contributed by atoms with Gasteiger partial charge in [0.05, 0.1) is 17.2 Å². The van der Waals surface area contributed by atoms with Crippen molar-refractivity contribution in [2.24, 2.45) is 0 Å². The molecule has 0 unspecified atom stereocenters. The predicted molar refractivity (Wildman–Crippen MR) is 138 cm³/mol. The lowest BCUT2D eigenvalue weighted by Crippen LogP contribution is -2.40. The second-order valence-electron chi connectivity index (χ2n) is 10.2. The Kier molecular flexibility index (Phi) is 7.51. The molecule has 2 atom stereocenters. The minimum atomic E-state index is -4.55. The number of alkyl halides is 3. The van der Waals surface area contributed by atoms with Gasteiger partial charge < -0.3 is 14.9 Å². The number of carbonyl (C=O) groups excluding carboxylic acids is 2. The molecule has 1 aliphatic carbocycles. The molecule has 12 heteroatoms. The van der Waals surface area contributed by atoms with Crippen LogP contribution in [-0.4, -0.2) is 61.6 Å². The molecular weight excluding hydrogens is 531 g/mol. The van der Waals surface area contributed by atoms with E-state index in [1.165, 1.54) is 18.3 Å². The third-order valence-electron chi connectivity index (χ3n) is 7.71. The summed E-state index contributed by atoms with van der Waals surface area (Å²) < 4.78 is 39.9. The van der Waals surface area contributed by atoms with E-state index in [4.69, 9.17) is 0 Å². The van der Waals surface area contributed by atoms with E-state index in [0.717, 1.165) is 26.9 Å². The van der Waals surface area contributed by atoms with E-state index in [0.29, 0.717) is 44.5 Å². The summed E-state index contributed by atoms with van der Waals surface area (Å²) in [4.78, 5) is 34.1. The highest BCUT2D eigenvalue weighted by molar-refractivity contribution is 7.09. The van der Waals surface area contributed by atoms with Crippen molar-refractivity contribution in [2.45, 2.75) is 63.4 Å². The SMILES string of the molecule is Cc1cc(C(F)(F)F)nn1CC(=O)N1CCC(c2nc(C(=O)N(C)[C@@H]3CC[C@@H](O)c4ccccc43)cs2)CC1. The summed E-state index contributed by atoms with van der Waals surface area (Å²) >= 11 is 1.43. The number of aryl methyl sites for hydroxylation is 1. The van der Waals surface area contributed by atoms with Crippen LogP contribution in [0.3, 0.4) is 0 Å². The number of aliphatic hydroxyl groups excluding tert-OH is 1. The lowest BCUT2D eigenvalue weighted by Gasteiger charge is -2.35. The standard InChI is InChI=1S/C27H30F3N5O3S/c1-16-13-23(27(28,29)30)32-35(16)14-24(37)34-11-9-17(10-12-34)25-31-20(15-39-25)26(38)33(2)21-7-8-22(36)19-6-4-3-5-18(19)21/h3-6,13,15,17,21-22,36H,7-12,14H2,1-2H3/t21-,22-/m1/s1. The van der Waals surface area contributed by atoms with Gasteiger partial charge in [-0.05, 0) is 49.8 Å². The van der Waals surface area contributed by atoms with Crippen LogP contribution in [0.1, 0.15) is 81.8 Å². The average molecular weight is 562 g/mol. The van der Waals surface area contributed by atoms with Crippen molar-refractivity contribution in [3.8, 4) is 0 Å². The minimum absolute atomic E-state index is 0.0970. The number of fused-ring (bicyclic) bond motifs is 1. The zero-order valence-corrected chi connectivity index (χ0v) is 22.5. The molecule has 5 rings (SSSR count). The number of rotatable bonds is 5. The molecule has 0 bridgehead atoms. The van der Waals surface area contributed by atoms with Crippen LogP contribution in [-0.2, 0) is 17.5 Å². The first-order valence-corrected chi connectivity index (χ1v) is 13.8. The van der Waals surface area contributed by atoms with Gasteiger partial charge in [-0.25, -0.2) is 4.98 Å². The number of aromatic nitrogens is 3. The normalized spacial score (nSPS) is 20.1. The second-order valence-corrected chi connectivity index (χ2v) is 11.1. The Labute approximate surface area is 228 Å². The number of hydrogen-bond acceptors (Lipinski definition) is 6. The molecule has 0 saturated carbocycles. The molecule has 2 amide bonds. The Morgan fingerprint density at radius 3 is 2.49 bits per heavy atom. The molecule has 1 fully saturated rings. The van der Waals surface area contributed by atoms with Crippen molar-refractivity contribution in [3.05, 3.63) is 68.9 Å². The van der Waals surface area contributed by atoms with Crippen LogP contribution in [0, 0.1) is 6.92 Å². The van der Waals surface area contributed by atoms with Crippen LogP contribution >= 0.6 is 11.3 Å². The highest BCUT2D eigenvalue weighted by Gasteiger charge is 2.35. The maximum absolute atomic E-state index is 13.3. The summed E-state index contributed by atoms with van der Waals surface area (Å²) in [6.45, 7) is 2.17. The Morgan fingerprint density at radius 1 is 1.13 bits per heavy atom. The topological polar surface area (TPSA) is 91.6 Å². The number of nitrogens with zero attached hydrogens (tertiary/aromatic N) is 5. The lowest BCUT2D eigenvalue weighted by atomic mass is 9.85. The number of benzene rings is 1. The molecule has 208 valence electrons. The average Bonchev–Trinajstić information content (AvgIpc) is 3.56. The van der Waals surface area contributed by atoms with Gasteiger partial charge in [0.15, 0.2) is 5.69 Å². The summed E-state index contributed by atoms with van der Waals surface area (Å²) in [5.74, 6) is -0.350. The first-order chi connectivity index (χ1) is 18.5. The zero-order chi connectivity index (χ0) is 27.9. The summed E-state index contributed by atoms with van der Waals surface area (Å²) in [5.41, 5.74) is 1.48. The van der Waals surface area contributed by atoms with Crippen LogP contribution < -0.4 is 0 Å². The molecule has 0 radical (unpaired) electrons. The van der Waals surface area contributed by atoms with Gasteiger partial charge in [-0.15, -0.1) is 11.3 Å². The summed E-state index contributed by atoms with van der Waals surface area (Å²) in [6.07, 6.45) is -2.51. The van der Waals surface area contributed by atoms with E-state index >= 15 is 0 Å². The van der Waals surface area contributed by atoms with Crippen LogP contribution in [0.4, 0.5) is 13.2 Å². The Morgan fingerprint density at radius 2 is 1.82 bits per heavy atom. The van der Waals surface area contributed by atoms with Crippen molar-refractivity contribution in [1.82, 2.24) is 24.6 Å². The molecule has 1 N–H and O–H groups in total. The monoisotopic (exact) mass is 561 g/mol. The smallest absolute Gasteiger partial charge is 0.388 e. The number of amides is 2. The van der Waals surface area contributed by atoms with Gasteiger partial charge in [0, 0.05) is 37.1 Å².